The molecule has 0 spiro atoms. The van der Waals surface area contributed by atoms with E-state index in [2.05, 4.69) is 15.5 Å². The lowest BCUT2D eigenvalue weighted by molar-refractivity contribution is -0.138. The number of carboxylic acid groups (broad SMARTS) is 1. The van der Waals surface area contributed by atoms with Crippen LogP contribution in [0.3, 0.4) is 0 Å². The first-order valence-electron chi connectivity index (χ1n) is 5.44. The van der Waals surface area contributed by atoms with Gasteiger partial charge in [-0.3, -0.25) is 4.79 Å². The van der Waals surface area contributed by atoms with E-state index in [-0.39, 0.29) is 11.7 Å². The Hall–Kier alpha value is -2.31. The van der Waals surface area contributed by atoms with Crippen molar-refractivity contribution in [3.63, 3.8) is 0 Å². The first-order valence-corrected chi connectivity index (χ1v) is 5.44. The van der Waals surface area contributed by atoms with Crippen molar-refractivity contribution in [1.82, 2.24) is 20.2 Å². The molecule has 18 heavy (non-hydrogen) atoms. The zero-order chi connectivity index (χ0) is 12.7. The van der Waals surface area contributed by atoms with Crippen molar-refractivity contribution < 1.29 is 14.3 Å². The molecule has 0 aliphatic heterocycles. The Morgan fingerprint density at radius 3 is 3.00 bits per heavy atom. The number of halogens is 1. The van der Waals surface area contributed by atoms with Crippen LogP contribution in [0.5, 0.6) is 0 Å². The largest absolute Gasteiger partial charge is 0.481 e. The number of hydrogen-bond donors (Lipinski definition) is 1. The number of hydrogen-bond acceptors (Lipinski definition) is 4. The number of aromatic nitrogens is 4. The van der Waals surface area contributed by atoms with Crippen LogP contribution in [0.15, 0.2) is 24.3 Å². The molecule has 6 nitrogen and oxygen atoms in total. The van der Waals surface area contributed by atoms with Crippen molar-refractivity contribution in [2.45, 2.75) is 12.3 Å². The Morgan fingerprint density at radius 2 is 2.33 bits per heavy atom. The van der Waals surface area contributed by atoms with Crippen molar-refractivity contribution in [3.8, 4) is 5.69 Å². The molecule has 7 heteroatoms. The molecule has 0 amide bonds. The quantitative estimate of drug-likeness (QED) is 0.876. The minimum absolute atomic E-state index is 0.194. The second-order valence-corrected chi connectivity index (χ2v) is 4.22. The average Bonchev–Trinajstić information content (AvgIpc) is 2.99. The number of aliphatic carboxylic acids is 1. The van der Waals surface area contributed by atoms with Gasteiger partial charge in [0.15, 0.2) is 5.82 Å². The second-order valence-electron chi connectivity index (χ2n) is 4.22. The Balaban J connectivity index is 1.96. The maximum atomic E-state index is 13.1. The van der Waals surface area contributed by atoms with Gasteiger partial charge in [-0.15, -0.1) is 5.10 Å². The summed E-state index contributed by atoms with van der Waals surface area (Å²) in [6.07, 6.45) is 0.519. The fourth-order valence-corrected chi connectivity index (χ4v) is 1.97. The van der Waals surface area contributed by atoms with Gasteiger partial charge in [-0.2, -0.15) is 4.68 Å². The third-order valence-corrected chi connectivity index (χ3v) is 2.99. The number of carbonyl (C=O) groups is 1. The van der Waals surface area contributed by atoms with Crippen LogP contribution in [0, 0.1) is 11.7 Å². The molecular weight excluding hydrogens is 239 g/mol. The van der Waals surface area contributed by atoms with E-state index >= 15 is 0 Å². The van der Waals surface area contributed by atoms with Gasteiger partial charge in [0.25, 0.3) is 0 Å². The van der Waals surface area contributed by atoms with Crippen LogP contribution >= 0.6 is 0 Å². The molecule has 1 N–H and O–H groups in total. The van der Waals surface area contributed by atoms with Crippen molar-refractivity contribution in [2.24, 2.45) is 5.92 Å². The van der Waals surface area contributed by atoms with Crippen LogP contribution in [0.1, 0.15) is 18.2 Å². The molecule has 0 saturated heterocycles. The third kappa shape index (κ3) is 1.73. The van der Waals surface area contributed by atoms with Crippen LogP contribution < -0.4 is 0 Å². The Morgan fingerprint density at radius 1 is 1.50 bits per heavy atom. The number of carboxylic acids is 1. The summed E-state index contributed by atoms with van der Waals surface area (Å²) in [7, 11) is 0. The second kappa shape index (κ2) is 3.86. The van der Waals surface area contributed by atoms with Crippen LogP contribution in [-0.4, -0.2) is 31.3 Å². The maximum absolute atomic E-state index is 13.1. The van der Waals surface area contributed by atoms with Gasteiger partial charge in [0, 0.05) is 5.92 Å². The highest BCUT2D eigenvalue weighted by Crippen LogP contribution is 2.46. The van der Waals surface area contributed by atoms with Crippen LogP contribution in [0.4, 0.5) is 4.39 Å². The van der Waals surface area contributed by atoms with Gasteiger partial charge >= 0.3 is 5.97 Å². The Bertz CT molecular complexity index is 613. The first-order chi connectivity index (χ1) is 8.66. The van der Waals surface area contributed by atoms with E-state index in [1.807, 2.05) is 0 Å². The van der Waals surface area contributed by atoms with Gasteiger partial charge in [-0.1, -0.05) is 6.07 Å². The van der Waals surface area contributed by atoms with E-state index in [4.69, 9.17) is 5.11 Å². The zero-order valence-electron chi connectivity index (χ0n) is 9.19. The lowest BCUT2D eigenvalue weighted by Crippen LogP contribution is -2.06. The minimum Gasteiger partial charge on any atom is -0.481 e. The summed E-state index contributed by atoms with van der Waals surface area (Å²) in [5.41, 5.74) is 0.492. The standard InChI is InChI=1S/C11H9FN4O2/c12-6-2-1-3-7(4-6)16-10(13-14-15-16)8-5-9(8)11(17)18/h1-4,8-9H,5H2,(H,17,18). The molecule has 1 heterocycles. The molecule has 0 radical (unpaired) electrons. The molecule has 1 aliphatic carbocycles. The summed E-state index contributed by atoms with van der Waals surface area (Å²) < 4.78 is 14.5. The number of benzene rings is 1. The van der Waals surface area contributed by atoms with E-state index in [0.717, 1.165) is 0 Å². The summed E-state index contributed by atoms with van der Waals surface area (Å²) in [4.78, 5) is 10.8. The summed E-state index contributed by atoms with van der Waals surface area (Å²) in [6.45, 7) is 0. The molecule has 92 valence electrons. The molecule has 1 aromatic heterocycles. The van der Waals surface area contributed by atoms with Gasteiger partial charge in [0.2, 0.25) is 0 Å². The molecule has 0 bridgehead atoms. The van der Waals surface area contributed by atoms with E-state index < -0.39 is 11.9 Å². The normalized spacial score (nSPS) is 21.8. The molecule has 1 aromatic carbocycles. The van der Waals surface area contributed by atoms with Crippen molar-refractivity contribution in [3.05, 3.63) is 35.9 Å². The summed E-state index contributed by atoms with van der Waals surface area (Å²) in [6, 6.07) is 5.85. The number of nitrogens with zero attached hydrogens (tertiary/aromatic N) is 4. The van der Waals surface area contributed by atoms with Crippen molar-refractivity contribution >= 4 is 5.97 Å². The van der Waals surface area contributed by atoms with Crippen molar-refractivity contribution in [1.29, 1.82) is 0 Å². The molecule has 2 unspecified atom stereocenters. The fourth-order valence-electron chi connectivity index (χ4n) is 1.97. The van der Waals surface area contributed by atoms with E-state index in [0.29, 0.717) is 17.9 Å². The number of rotatable bonds is 3. The molecule has 2 aromatic rings. The van der Waals surface area contributed by atoms with Gasteiger partial charge < -0.3 is 5.11 Å². The van der Waals surface area contributed by atoms with E-state index in [1.165, 1.54) is 16.8 Å². The lowest BCUT2D eigenvalue weighted by atomic mass is 10.2. The van der Waals surface area contributed by atoms with Crippen LogP contribution in [0.25, 0.3) is 5.69 Å². The lowest BCUT2D eigenvalue weighted by Gasteiger charge is -2.03. The molecule has 2 atom stereocenters. The highest BCUT2D eigenvalue weighted by molar-refractivity contribution is 5.74. The van der Waals surface area contributed by atoms with E-state index in [9.17, 15) is 9.18 Å². The van der Waals surface area contributed by atoms with Crippen LogP contribution in [0.2, 0.25) is 0 Å². The van der Waals surface area contributed by atoms with Gasteiger partial charge in [0.05, 0.1) is 11.6 Å². The van der Waals surface area contributed by atoms with E-state index in [1.54, 1.807) is 12.1 Å². The topological polar surface area (TPSA) is 80.9 Å². The predicted molar refractivity (Wildman–Crippen MR) is 57.6 cm³/mol. The highest BCUT2D eigenvalue weighted by Gasteiger charge is 2.47. The molecular formula is C11H9FN4O2. The fraction of sp³-hybridized carbons (Fsp3) is 0.273. The molecule has 1 saturated carbocycles. The third-order valence-electron chi connectivity index (χ3n) is 2.99. The van der Waals surface area contributed by atoms with Gasteiger partial charge in [-0.25, -0.2) is 4.39 Å². The predicted octanol–water partition coefficient (Wildman–Crippen LogP) is 0.989. The van der Waals surface area contributed by atoms with Gasteiger partial charge in [0.1, 0.15) is 5.82 Å². The number of tetrazole rings is 1. The smallest absolute Gasteiger partial charge is 0.307 e. The first kappa shape index (κ1) is 10.8. The van der Waals surface area contributed by atoms with Crippen molar-refractivity contribution in [2.75, 3.05) is 0 Å². The average molecular weight is 248 g/mol. The molecule has 3 rings (SSSR count). The summed E-state index contributed by atoms with van der Waals surface area (Å²) in [5.74, 6) is -1.41. The zero-order valence-corrected chi connectivity index (χ0v) is 9.19. The highest BCUT2D eigenvalue weighted by atomic mass is 19.1. The maximum Gasteiger partial charge on any atom is 0.307 e. The Labute approximate surface area is 101 Å². The van der Waals surface area contributed by atoms with Gasteiger partial charge in [-0.05, 0) is 35.0 Å². The Kier molecular flexibility index (Phi) is 2.32. The minimum atomic E-state index is -0.853. The summed E-state index contributed by atoms with van der Waals surface area (Å²) >= 11 is 0. The summed E-state index contributed by atoms with van der Waals surface area (Å²) in [5, 5.41) is 20.0. The SMILES string of the molecule is O=C(O)C1CC1c1nnnn1-c1cccc(F)c1. The molecule has 1 fully saturated rings. The monoisotopic (exact) mass is 248 g/mol. The van der Waals surface area contributed by atoms with Crippen LogP contribution in [-0.2, 0) is 4.79 Å². The molecule has 1 aliphatic rings.